The van der Waals surface area contributed by atoms with Gasteiger partial charge in [0.15, 0.2) is 16.1 Å². The van der Waals surface area contributed by atoms with Crippen molar-refractivity contribution in [2.24, 2.45) is 0 Å². The Bertz CT molecular complexity index is 1270. The first-order valence-electron chi connectivity index (χ1n) is 9.98. The summed E-state index contributed by atoms with van der Waals surface area (Å²) >= 11 is 0. The highest BCUT2D eigenvalue weighted by atomic mass is 32.2. The summed E-state index contributed by atoms with van der Waals surface area (Å²) in [6, 6.07) is 6.32. The summed E-state index contributed by atoms with van der Waals surface area (Å²) in [5.41, 5.74) is 1.13. The third-order valence-electron chi connectivity index (χ3n) is 5.52. The van der Waals surface area contributed by atoms with E-state index in [4.69, 9.17) is 0 Å². The Morgan fingerprint density at radius 3 is 2.64 bits per heavy atom. The molecule has 0 radical (unpaired) electrons. The number of rotatable bonds is 5. The van der Waals surface area contributed by atoms with Crippen LogP contribution in [0.2, 0.25) is 0 Å². The lowest BCUT2D eigenvalue weighted by molar-refractivity contribution is -0.139. The van der Waals surface area contributed by atoms with Gasteiger partial charge in [0.25, 0.3) is 11.8 Å². The molecular formula is C21H20N4O7S. The van der Waals surface area contributed by atoms with Crippen molar-refractivity contribution in [2.75, 3.05) is 6.26 Å². The Hall–Kier alpha value is -3.64. The van der Waals surface area contributed by atoms with E-state index in [0.717, 1.165) is 17.4 Å². The number of nitrogens with zero attached hydrogens (tertiary/aromatic N) is 2. The van der Waals surface area contributed by atoms with Gasteiger partial charge in [0.05, 0.1) is 4.90 Å². The number of amides is 4. The van der Waals surface area contributed by atoms with E-state index in [1.54, 1.807) is 12.1 Å². The first kappa shape index (κ1) is 22.6. The van der Waals surface area contributed by atoms with E-state index >= 15 is 0 Å². The van der Waals surface area contributed by atoms with Crippen molar-refractivity contribution < 1.29 is 32.7 Å². The van der Waals surface area contributed by atoms with Gasteiger partial charge in [-0.3, -0.25) is 29.4 Å². The largest absolute Gasteiger partial charge is 0.369 e. The summed E-state index contributed by atoms with van der Waals surface area (Å²) in [5.74, 6) is -2.13. The fourth-order valence-corrected chi connectivity index (χ4v) is 4.35. The Labute approximate surface area is 188 Å². The fraction of sp³-hybridized carbons (Fsp3) is 0.286. The molecule has 4 rings (SSSR count). The highest BCUT2D eigenvalue weighted by Crippen LogP contribution is 2.35. The summed E-state index contributed by atoms with van der Waals surface area (Å²) in [4.78, 5) is 53.7. The molecule has 0 aliphatic carbocycles. The second-order valence-electron chi connectivity index (χ2n) is 7.81. The van der Waals surface area contributed by atoms with E-state index in [2.05, 4.69) is 15.6 Å². The average Bonchev–Trinajstić information content (AvgIpc) is 3.01. The fourth-order valence-electron chi connectivity index (χ4n) is 3.79. The molecule has 4 amide bonds. The minimum atomic E-state index is -3.43. The maximum atomic E-state index is 12.9. The van der Waals surface area contributed by atoms with Crippen LogP contribution >= 0.6 is 0 Å². The number of hydrogen-bond donors (Lipinski definition) is 3. The third kappa shape index (κ3) is 4.34. The number of hydrogen-bond acceptors (Lipinski definition) is 8. The van der Waals surface area contributed by atoms with Gasteiger partial charge in [-0.25, -0.2) is 13.4 Å². The van der Waals surface area contributed by atoms with Gasteiger partial charge in [0.1, 0.15) is 11.7 Å². The summed E-state index contributed by atoms with van der Waals surface area (Å²) in [6.07, 6.45) is 1.01. The van der Waals surface area contributed by atoms with E-state index in [1.165, 1.54) is 18.2 Å². The minimum absolute atomic E-state index is 0.00434. The number of aromatic nitrogens is 1. The van der Waals surface area contributed by atoms with Crippen LogP contribution in [-0.2, 0) is 26.0 Å². The van der Waals surface area contributed by atoms with Crippen molar-refractivity contribution in [1.82, 2.24) is 20.5 Å². The molecule has 3 N–H and O–H groups in total. The number of sulfone groups is 1. The van der Waals surface area contributed by atoms with Gasteiger partial charge in [0.2, 0.25) is 11.8 Å². The van der Waals surface area contributed by atoms with Crippen LogP contribution in [0, 0.1) is 0 Å². The monoisotopic (exact) mass is 472 g/mol. The van der Waals surface area contributed by atoms with E-state index in [-0.39, 0.29) is 35.5 Å². The van der Waals surface area contributed by atoms with Gasteiger partial charge in [-0.1, -0.05) is 12.1 Å². The summed E-state index contributed by atoms with van der Waals surface area (Å²) in [5, 5.41) is 15.4. The number of pyridine rings is 1. The molecule has 0 saturated carbocycles. The lowest BCUT2D eigenvalue weighted by Gasteiger charge is -2.31. The third-order valence-corrected chi connectivity index (χ3v) is 6.62. The molecule has 12 heteroatoms. The van der Waals surface area contributed by atoms with Crippen molar-refractivity contribution in [3.63, 3.8) is 0 Å². The average molecular weight is 472 g/mol. The molecule has 11 nitrogen and oxygen atoms in total. The zero-order valence-electron chi connectivity index (χ0n) is 17.4. The molecule has 2 unspecified atom stereocenters. The zero-order chi connectivity index (χ0) is 23.9. The lowest BCUT2D eigenvalue weighted by Crippen LogP contribution is -2.53. The minimum Gasteiger partial charge on any atom is -0.369 e. The first-order chi connectivity index (χ1) is 15.6. The number of imide groups is 1. The maximum Gasteiger partial charge on any atom is 0.270 e. The number of piperidine rings is 1. The Morgan fingerprint density at radius 1 is 1.24 bits per heavy atom. The Balaban J connectivity index is 1.46. The highest BCUT2D eigenvalue weighted by molar-refractivity contribution is 7.90. The maximum absolute atomic E-state index is 12.9. The molecule has 0 spiro atoms. The molecule has 3 heterocycles. The van der Waals surface area contributed by atoms with Crippen molar-refractivity contribution in [3.05, 3.63) is 58.9 Å². The Morgan fingerprint density at radius 2 is 2.00 bits per heavy atom. The second-order valence-corrected chi connectivity index (χ2v) is 9.82. The second kappa shape index (κ2) is 8.37. The lowest BCUT2D eigenvalue weighted by atomic mass is 10.0. The molecule has 1 saturated heterocycles. The normalized spacial score (nSPS) is 20.4. The number of fused-ring (bicyclic) bond motifs is 1. The zero-order valence-corrected chi connectivity index (χ0v) is 18.3. The number of carbonyl (C=O) groups excluding carboxylic acids is 4. The van der Waals surface area contributed by atoms with Gasteiger partial charge in [-0.15, -0.1) is 0 Å². The molecule has 0 bridgehead atoms. The van der Waals surface area contributed by atoms with Crippen molar-refractivity contribution in [1.29, 1.82) is 0 Å². The van der Waals surface area contributed by atoms with Crippen molar-refractivity contribution in [2.45, 2.75) is 36.6 Å². The predicted octanol–water partition coefficient (Wildman–Crippen LogP) is -0.333. The van der Waals surface area contributed by atoms with Crippen LogP contribution in [0.5, 0.6) is 0 Å². The first-order valence-corrected chi connectivity index (χ1v) is 11.9. The van der Waals surface area contributed by atoms with Crippen LogP contribution in [0.1, 0.15) is 51.0 Å². The molecule has 1 fully saturated rings. The smallest absolute Gasteiger partial charge is 0.270 e. The van der Waals surface area contributed by atoms with Crippen LogP contribution < -0.4 is 10.6 Å². The van der Waals surface area contributed by atoms with Gasteiger partial charge >= 0.3 is 0 Å². The van der Waals surface area contributed by atoms with Gasteiger partial charge < -0.3 is 10.4 Å². The summed E-state index contributed by atoms with van der Waals surface area (Å²) in [7, 11) is -3.43. The van der Waals surface area contributed by atoms with Crippen LogP contribution in [0.25, 0.3) is 0 Å². The van der Waals surface area contributed by atoms with Gasteiger partial charge in [-0.2, -0.15) is 0 Å². The molecule has 1 aromatic carbocycles. The van der Waals surface area contributed by atoms with Crippen LogP contribution in [0.3, 0.4) is 0 Å². The van der Waals surface area contributed by atoms with Crippen molar-refractivity contribution >= 4 is 33.5 Å². The van der Waals surface area contributed by atoms with E-state index < -0.39 is 45.7 Å². The number of carbonyl (C=O) groups is 4. The van der Waals surface area contributed by atoms with Gasteiger partial charge in [0, 0.05) is 36.5 Å². The van der Waals surface area contributed by atoms with E-state index in [0.29, 0.717) is 11.1 Å². The molecule has 2 aliphatic heterocycles. The Kier molecular flexibility index (Phi) is 5.72. The summed E-state index contributed by atoms with van der Waals surface area (Å²) < 4.78 is 23.0. The van der Waals surface area contributed by atoms with Crippen molar-refractivity contribution in [3.8, 4) is 0 Å². The van der Waals surface area contributed by atoms with Gasteiger partial charge in [-0.05, 0) is 30.2 Å². The molecule has 2 aromatic rings. The number of nitrogens with one attached hydrogen (secondary N) is 2. The highest BCUT2D eigenvalue weighted by Gasteiger charge is 2.44. The molecule has 2 atom stereocenters. The molecule has 1 aromatic heterocycles. The topological polar surface area (TPSA) is 163 Å². The molecule has 2 aliphatic rings. The molecular weight excluding hydrogens is 452 g/mol. The molecule has 172 valence electrons. The van der Waals surface area contributed by atoms with Crippen LogP contribution in [-0.4, -0.2) is 59.3 Å². The quantitative estimate of drug-likeness (QED) is 0.498. The van der Waals surface area contributed by atoms with E-state index in [1.807, 2.05) is 0 Å². The number of aliphatic hydroxyl groups is 1. The standard InChI is InChI=1S/C21H20N4O7S/c1-33(31,32)12-3-5-15(22-10-12)18(27)23-9-11-2-4-13-14(8-11)21(30)25(20(13)29)16-6-7-17(26)24-19(16)28/h2-5,8,10,16,20,29H,6-7,9H2,1H3,(H,23,27)(H,24,26,28). The van der Waals surface area contributed by atoms with Crippen LogP contribution in [0.4, 0.5) is 0 Å². The molecule has 33 heavy (non-hydrogen) atoms. The SMILES string of the molecule is CS(=O)(=O)c1ccc(C(=O)NCc2ccc3c(c2)C(=O)N(C2CCC(=O)NC2=O)C3O)nc1. The number of benzene rings is 1. The predicted molar refractivity (Wildman–Crippen MR) is 112 cm³/mol. The van der Waals surface area contributed by atoms with Crippen LogP contribution in [0.15, 0.2) is 41.4 Å². The number of aliphatic hydroxyl groups excluding tert-OH is 1. The summed E-state index contributed by atoms with van der Waals surface area (Å²) in [6.45, 7) is 0.0451. The van der Waals surface area contributed by atoms with E-state index in [9.17, 15) is 32.7 Å².